The molecule has 1 aliphatic carbocycles. The van der Waals surface area contributed by atoms with E-state index in [1.54, 1.807) is 7.11 Å². The van der Waals surface area contributed by atoms with Gasteiger partial charge in [-0.05, 0) is 48.3 Å². The van der Waals surface area contributed by atoms with Crippen LogP contribution in [0, 0.1) is 9.49 Å². The van der Waals surface area contributed by atoms with Gasteiger partial charge in [-0.3, -0.25) is 0 Å². The summed E-state index contributed by atoms with van der Waals surface area (Å²) in [5.41, 5.74) is 1.10. The SMILES string of the molecule is CCNc1nc(C(OC)C2CC2)nc(C(C)(C)C)c1I. The van der Waals surface area contributed by atoms with E-state index in [2.05, 4.69) is 55.6 Å². The van der Waals surface area contributed by atoms with Crippen molar-refractivity contribution >= 4 is 28.4 Å². The third-order valence-electron chi connectivity index (χ3n) is 3.48. The van der Waals surface area contributed by atoms with Gasteiger partial charge < -0.3 is 10.1 Å². The van der Waals surface area contributed by atoms with Gasteiger partial charge in [-0.25, -0.2) is 9.97 Å². The smallest absolute Gasteiger partial charge is 0.160 e. The van der Waals surface area contributed by atoms with Crippen molar-refractivity contribution in [3.05, 3.63) is 15.1 Å². The Hall–Kier alpha value is -0.430. The summed E-state index contributed by atoms with van der Waals surface area (Å²) in [6, 6.07) is 0. The first-order valence-corrected chi connectivity index (χ1v) is 8.31. The number of hydrogen-bond donors (Lipinski definition) is 1. The van der Waals surface area contributed by atoms with Gasteiger partial charge in [-0.1, -0.05) is 20.8 Å². The van der Waals surface area contributed by atoms with E-state index in [1.165, 1.54) is 12.8 Å². The molecule has 1 aromatic rings. The molecule has 1 saturated carbocycles. The van der Waals surface area contributed by atoms with Gasteiger partial charge in [0.2, 0.25) is 0 Å². The van der Waals surface area contributed by atoms with Gasteiger partial charge in [-0.15, -0.1) is 0 Å². The van der Waals surface area contributed by atoms with Crippen molar-refractivity contribution in [1.82, 2.24) is 9.97 Å². The van der Waals surface area contributed by atoms with Gasteiger partial charge >= 0.3 is 0 Å². The Morgan fingerprint density at radius 3 is 2.45 bits per heavy atom. The summed E-state index contributed by atoms with van der Waals surface area (Å²) in [6.45, 7) is 9.52. The summed E-state index contributed by atoms with van der Waals surface area (Å²) in [6.07, 6.45) is 2.47. The molecular weight excluding hydrogens is 365 g/mol. The van der Waals surface area contributed by atoms with Crippen LogP contribution in [0.2, 0.25) is 0 Å². The lowest BCUT2D eigenvalue weighted by Gasteiger charge is -2.24. The number of rotatable bonds is 5. The van der Waals surface area contributed by atoms with Gasteiger partial charge in [0.25, 0.3) is 0 Å². The van der Waals surface area contributed by atoms with E-state index in [1.807, 2.05) is 0 Å². The van der Waals surface area contributed by atoms with Crippen molar-refractivity contribution in [3.8, 4) is 0 Å². The second-order valence-corrected chi connectivity index (χ2v) is 7.45. The standard InChI is InChI=1S/C15H24IN3O/c1-6-17-13-10(16)12(15(2,3)4)18-14(19-13)11(20-5)9-7-8-9/h9,11H,6-8H2,1-5H3,(H,17,18,19). The Kier molecular flexibility index (Phi) is 4.89. The zero-order valence-corrected chi connectivity index (χ0v) is 15.1. The zero-order chi connectivity index (χ0) is 14.9. The predicted molar refractivity (Wildman–Crippen MR) is 90.1 cm³/mol. The number of nitrogens with one attached hydrogen (secondary N) is 1. The van der Waals surface area contributed by atoms with Crippen molar-refractivity contribution in [2.75, 3.05) is 19.0 Å². The fourth-order valence-corrected chi connectivity index (χ4v) is 3.52. The zero-order valence-electron chi connectivity index (χ0n) is 13.0. The first-order chi connectivity index (χ1) is 9.38. The van der Waals surface area contributed by atoms with Gasteiger partial charge in [0, 0.05) is 19.1 Å². The molecular formula is C15H24IN3O. The van der Waals surface area contributed by atoms with Crippen molar-refractivity contribution in [1.29, 1.82) is 0 Å². The number of methoxy groups -OCH3 is 1. The molecule has 0 aromatic carbocycles. The van der Waals surface area contributed by atoms with Gasteiger partial charge in [0.1, 0.15) is 11.9 Å². The Morgan fingerprint density at radius 2 is 2.00 bits per heavy atom. The Labute approximate surface area is 135 Å². The lowest BCUT2D eigenvalue weighted by molar-refractivity contribution is 0.0769. The summed E-state index contributed by atoms with van der Waals surface area (Å²) in [4.78, 5) is 9.55. The molecule has 0 amide bonds. The van der Waals surface area contributed by atoms with Crippen molar-refractivity contribution < 1.29 is 4.74 Å². The van der Waals surface area contributed by atoms with Crippen LogP contribution in [0.1, 0.15) is 58.2 Å². The molecule has 0 bridgehead atoms. The van der Waals surface area contributed by atoms with E-state index < -0.39 is 0 Å². The van der Waals surface area contributed by atoms with E-state index in [4.69, 9.17) is 14.7 Å². The molecule has 1 unspecified atom stereocenters. The van der Waals surface area contributed by atoms with Crippen molar-refractivity contribution in [2.24, 2.45) is 5.92 Å². The normalized spacial score (nSPS) is 17.1. The molecule has 1 heterocycles. The minimum Gasteiger partial charge on any atom is -0.373 e. The molecule has 1 aromatic heterocycles. The molecule has 5 heteroatoms. The van der Waals surface area contributed by atoms with Crippen LogP contribution >= 0.6 is 22.6 Å². The molecule has 1 atom stereocenters. The first kappa shape index (κ1) is 15.9. The van der Waals surface area contributed by atoms with E-state index in [0.29, 0.717) is 5.92 Å². The molecule has 1 aliphatic rings. The number of aromatic nitrogens is 2. The van der Waals surface area contributed by atoms with Crippen molar-refractivity contribution in [3.63, 3.8) is 0 Å². The summed E-state index contributed by atoms with van der Waals surface area (Å²) >= 11 is 2.35. The summed E-state index contributed by atoms with van der Waals surface area (Å²) in [5.74, 6) is 2.35. The minimum atomic E-state index is 0.000225. The summed E-state index contributed by atoms with van der Waals surface area (Å²) in [5, 5.41) is 3.35. The molecule has 2 rings (SSSR count). The second-order valence-electron chi connectivity index (χ2n) is 6.37. The molecule has 0 radical (unpaired) electrons. The molecule has 0 saturated heterocycles. The van der Waals surface area contributed by atoms with E-state index in [9.17, 15) is 0 Å². The lowest BCUT2D eigenvalue weighted by Crippen LogP contribution is -2.22. The molecule has 112 valence electrons. The predicted octanol–water partition coefficient (Wildman–Crippen LogP) is 3.91. The summed E-state index contributed by atoms with van der Waals surface area (Å²) < 4.78 is 6.76. The topological polar surface area (TPSA) is 47.0 Å². The number of ether oxygens (including phenoxy) is 1. The van der Waals surface area contributed by atoms with Gasteiger partial charge in [0.15, 0.2) is 5.82 Å². The van der Waals surface area contributed by atoms with E-state index >= 15 is 0 Å². The summed E-state index contributed by atoms with van der Waals surface area (Å²) in [7, 11) is 1.76. The lowest BCUT2D eigenvalue weighted by atomic mass is 9.91. The number of anilines is 1. The van der Waals surface area contributed by atoms with Crippen LogP contribution in [0.4, 0.5) is 5.82 Å². The molecule has 1 fully saturated rings. The Morgan fingerprint density at radius 1 is 1.35 bits per heavy atom. The number of hydrogen-bond acceptors (Lipinski definition) is 4. The molecule has 1 N–H and O–H groups in total. The first-order valence-electron chi connectivity index (χ1n) is 7.23. The highest BCUT2D eigenvalue weighted by molar-refractivity contribution is 14.1. The van der Waals surface area contributed by atoms with Gasteiger partial charge in [0.05, 0.1) is 9.26 Å². The van der Waals surface area contributed by atoms with E-state index in [-0.39, 0.29) is 11.5 Å². The maximum atomic E-state index is 5.65. The van der Waals surface area contributed by atoms with Crippen LogP contribution in [0.25, 0.3) is 0 Å². The number of halogens is 1. The third-order valence-corrected chi connectivity index (χ3v) is 4.50. The van der Waals surface area contributed by atoms with Crippen LogP contribution in [-0.4, -0.2) is 23.6 Å². The quantitative estimate of drug-likeness (QED) is 0.776. The largest absolute Gasteiger partial charge is 0.373 e. The number of nitrogens with zero attached hydrogens (tertiary/aromatic N) is 2. The third kappa shape index (κ3) is 3.42. The van der Waals surface area contributed by atoms with Crippen LogP contribution in [-0.2, 0) is 10.2 Å². The maximum absolute atomic E-state index is 5.65. The molecule has 4 nitrogen and oxygen atoms in total. The molecule has 20 heavy (non-hydrogen) atoms. The van der Waals surface area contributed by atoms with Crippen LogP contribution in [0.15, 0.2) is 0 Å². The highest BCUT2D eigenvalue weighted by atomic mass is 127. The monoisotopic (exact) mass is 389 g/mol. The Bertz CT molecular complexity index is 481. The second kappa shape index (κ2) is 6.13. The highest BCUT2D eigenvalue weighted by Gasteiger charge is 2.36. The van der Waals surface area contributed by atoms with Crippen LogP contribution in [0.5, 0.6) is 0 Å². The molecule has 0 spiro atoms. The average molecular weight is 389 g/mol. The minimum absolute atomic E-state index is 0.000225. The highest BCUT2D eigenvalue weighted by Crippen LogP contribution is 2.43. The Balaban J connectivity index is 2.48. The van der Waals surface area contributed by atoms with Crippen molar-refractivity contribution in [2.45, 2.75) is 52.1 Å². The maximum Gasteiger partial charge on any atom is 0.160 e. The average Bonchev–Trinajstić information content (AvgIpc) is 3.17. The fourth-order valence-electron chi connectivity index (χ4n) is 2.28. The van der Waals surface area contributed by atoms with Crippen LogP contribution in [0.3, 0.4) is 0 Å². The van der Waals surface area contributed by atoms with Gasteiger partial charge in [-0.2, -0.15) is 0 Å². The van der Waals surface area contributed by atoms with E-state index in [0.717, 1.165) is 27.5 Å². The fraction of sp³-hybridized carbons (Fsp3) is 0.733. The van der Waals surface area contributed by atoms with Crippen LogP contribution < -0.4 is 5.32 Å². The molecule has 0 aliphatic heterocycles.